The molecule has 0 bridgehead atoms. The lowest BCUT2D eigenvalue weighted by atomic mass is 10.2. The zero-order valence-corrected chi connectivity index (χ0v) is 18.7. The van der Waals surface area contributed by atoms with Crippen molar-refractivity contribution in [3.05, 3.63) is 57.6 Å². The number of aromatic nitrogens is 2. The quantitative estimate of drug-likeness (QED) is 0.537. The monoisotopic (exact) mass is 502 g/mol. The third-order valence-corrected chi connectivity index (χ3v) is 7.11. The number of hydrogen-bond donors (Lipinski definition) is 2. The number of hydrogen-bond acceptors (Lipinski definition) is 6. The van der Waals surface area contributed by atoms with Gasteiger partial charge in [0.25, 0.3) is 5.56 Å². The number of fused-ring (bicyclic) bond motifs is 1. The van der Waals surface area contributed by atoms with Gasteiger partial charge in [-0.05, 0) is 30.7 Å². The Labute approximate surface area is 197 Å². The molecule has 1 aliphatic rings. The first-order valence-corrected chi connectivity index (χ1v) is 11.4. The Bertz CT molecular complexity index is 1500. The van der Waals surface area contributed by atoms with Crippen molar-refractivity contribution in [1.29, 1.82) is 0 Å². The summed E-state index contributed by atoms with van der Waals surface area (Å²) in [6, 6.07) is 4.62. The SMILES string of the molecule is [2H]C([2H])([2H])O[C@@H]1CCN(S(=O)(=O)Nc2ccc(F)c(Nc3ccc4ncn(C)c(=O)c4c3F)c2Cl)C1. The maximum absolute atomic E-state index is 15.1. The van der Waals surface area contributed by atoms with Crippen LogP contribution in [0.1, 0.15) is 10.5 Å². The molecule has 9 nitrogen and oxygen atoms in total. The summed E-state index contributed by atoms with van der Waals surface area (Å²) >= 11 is 6.27. The minimum atomic E-state index is -4.22. The molecule has 1 saturated heterocycles. The van der Waals surface area contributed by atoms with Gasteiger partial charge in [-0.1, -0.05) is 11.6 Å². The van der Waals surface area contributed by atoms with Gasteiger partial charge in [-0.25, -0.2) is 13.8 Å². The fourth-order valence-corrected chi connectivity index (χ4v) is 5.04. The first-order valence-electron chi connectivity index (χ1n) is 11.1. The van der Waals surface area contributed by atoms with Crippen LogP contribution >= 0.6 is 11.6 Å². The van der Waals surface area contributed by atoms with Crippen LogP contribution in [0.4, 0.5) is 25.8 Å². The second-order valence-electron chi connectivity index (χ2n) is 7.38. The van der Waals surface area contributed by atoms with Crippen molar-refractivity contribution in [3.63, 3.8) is 0 Å². The average molecular weight is 503 g/mol. The number of methoxy groups -OCH3 is 1. The molecule has 2 aromatic carbocycles. The number of nitrogens with one attached hydrogen (secondary N) is 2. The van der Waals surface area contributed by atoms with Gasteiger partial charge in [0.1, 0.15) is 11.2 Å². The zero-order chi connectivity index (χ0) is 26.4. The van der Waals surface area contributed by atoms with E-state index in [2.05, 4.69) is 15.0 Å². The average Bonchev–Trinajstić information content (AvgIpc) is 3.25. The Morgan fingerprint density at radius 1 is 1.27 bits per heavy atom. The van der Waals surface area contributed by atoms with Crippen LogP contribution in [0.5, 0.6) is 0 Å². The molecule has 1 aliphatic heterocycles. The molecule has 176 valence electrons. The molecule has 1 atom stereocenters. The molecular weight excluding hydrogens is 480 g/mol. The van der Waals surface area contributed by atoms with E-state index in [-0.39, 0.29) is 41.8 Å². The number of anilines is 3. The van der Waals surface area contributed by atoms with Gasteiger partial charge in [0.05, 0.1) is 44.1 Å². The number of benzene rings is 2. The molecule has 13 heteroatoms. The third kappa shape index (κ3) is 4.38. The molecule has 1 aromatic heterocycles. The van der Waals surface area contributed by atoms with Crippen molar-refractivity contribution < 1.29 is 26.0 Å². The van der Waals surface area contributed by atoms with Crippen LogP contribution in [-0.4, -0.2) is 48.5 Å². The topological polar surface area (TPSA) is 106 Å². The fraction of sp³-hybridized carbons (Fsp3) is 0.300. The molecule has 0 spiro atoms. The van der Waals surface area contributed by atoms with E-state index in [0.717, 1.165) is 21.0 Å². The fourth-order valence-electron chi connectivity index (χ4n) is 3.45. The van der Waals surface area contributed by atoms with E-state index in [1.165, 1.54) is 25.5 Å². The molecule has 1 fully saturated rings. The Hall–Kier alpha value is -2.80. The number of aryl methyl sites for hydroxylation is 1. The van der Waals surface area contributed by atoms with Crippen molar-refractivity contribution in [1.82, 2.24) is 13.9 Å². The van der Waals surface area contributed by atoms with Gasteiger partial charge in [0.15, 0.2) is 5.82 Å². The summed E-state index contributed by atoms with van der Waals surface area (Å²) in [5.74, 6) is -1.89. The molecule has 0 radical (unpaired) electrons. The summed E-state index contributed by atoms with van der Waals surface area (Å²) in [6.45, 7) is -0.214. The lowest BCUT2D eigenvalue weighted by molar-refractivity contribution is 0.115. The van der Waals surface area contributed by atoms with Crippen LogP contribution < -0.4 is 15.6 Å². The third-order valence-electron chi connectivity index (χ3n) is 5.23. The molecule has 2 heterocycles. The predicted octanol–water partition coefficient (Wildman–Crippen LogP) is 2.99. The van der Waals surface area contributed by atoms with Crippen molar-refractivity contribution in [2.24, 2.45) is 7.05 Å². The first-order chi connectivity index (χ1) is 16.8. The minimum absolute atomic E-state index is 0.00864. The maximum atomic E-state index is 15.1. The highest BCUT2D eigenvalue weighted by atomic mass is 35.5. The molecule has 0 aliphatic carbocycles. The van der Waals surface area contributed by atoms with E-state index in [4.69, 9.17) is 20.5 Å². The van der Waals surface area contributed by atoms with Gasteiger partial charge < -0.3 is 14.6 Å². The molecular formula is C20H20ClF2N5O4S. The van der Waals surface area contributed by atoms with Crippen LogP contribution in [0, 0.1) is 11.6 Å². The van der Waals surface area contributed by atoms with Gasteiger partial charge in [0, 0.05) is 27.2 Å². The van der Waals surface area contributed by atoms with Gasteiger partial charge >= 0.3 is 10.2 Å². The summed E-state index contributed by atoms with van der Waals surface area (Å²) in [4.78, 5) is 16.3. The molecule has 0 amide bonds. The minimum Gasteiger partial charge on any atom is -0.380 e. The molecule has 0 unspecified atom stereocenters. The molecule has 33 heavy (non-hydrogen) atoms. The van der Waals surface area contributed by atoms with Crippen LogP contribution in [0.2, 0.25) is 5.02 Å². The largest absolute Gasteiger partial charge is 0.380 e. The second kappa shape index (κ2) is 8.86. The Kier molecular flexibility index (Phi) is 5.27. The molecule has 3 aromatic rings. The summed E-state index contributed by atoms with van der Waals surface area (Å²) in [7, 11) is -5.48. The van der Waals surface area contributed by atoms with Crippen molar-refractivity contribution in [2.45, 2.75) is 12.5 Å². The highest BCUT2D eigenvalue weighted by molar-refractivity contribution is 7.90. The summed E-state index contributed by atoms with van der Waals surface area (Å²) in [6.07, 6.45) is 0.577. The van der Waals surface area contributed by atoms with Crippen molar-refractivity contribution in [3.8, 4) is 0 Å². The van der Waals surface area contributed by atoms with E-state index in [9.17, 15) is 17.6 Å². The predicted molar refractivity (Wildman–Crippen MR) is 121 cm³/mol. The Morgan fingerprint density at radius 2 is 2.03 bits per heavy atom. The van der Waals surface area contributed by atoms with Crippen LogP contribution in [0.3, 0.4) is 0 Å². The van der Waals surface area contributed by atoms with Crippen LogP contribution in [0.25, 0.3) is 10.9 Å². The first kappa shape index (κ1) is 19.6. The second-order valence-corrected chi connectivity index (χ2v) is 9.43. The highest BCUT2D eigenvalue weighted by Crippen LogP contribution is 2.36. The molecule has 0 saturated carbocycles. The Balaban J connectivity index is 1.61. The molecule has 4 rings (SSSR count). The van der Waals surface area contributed by atoms with E-state index < -0.39 is 51.3 Å². The maximum Gasteiger partial charge on any atom is 0.301 e. The van der Waals surface area contributed by atoms with E-state index >= 15 is 4.39 Å². The van der Waals surface area contributed by atoms with Crippen molar-refractivity contribution >= 4 is 49.8 Å². The summed E-state index contributed by atoms with van der Waals surface area (Å²) in [5, 5.41) is 1.77. The number of ether oxygens (including phenoxy) is 1. The standard InChI is InChI=1S/C20H20ClF2N5O4S/c1-27-10-24-13-5-6-15(18(23)16(13)20(27)29)25-19-12(22)3-4-14(17(19)21)26-33(30,31)28-8-7-11(9-28)32-2/h3-6,10-11,25-26H,7-9H2,1-2H3/t11-/m1/s1/i2D3. The van der Waals surface area contributed by atoms with E-state index in [1.54, 1.807) is 0 Å². The van der Waals surface area contributed by atoms with Gasteiger partial charge in [-0.3, -0.25) is 9.52 Å². The number of rotatable bonds is 6. The zero-order valence-electron chi connectivity index (χ0n) is 20.1. The van der Waals surface area contributed by atoms with Gasteiger partial charge in [-0.2, -0.15) is 12.7 Å². The lowest BCUT2D eigenvalue weighted by Gasteiger charge is -2.19. The van der Waals surface area contributed by atoms with Gasteiger partial charge in [-0.15, -0.1) is 0 Å². The van der Waals surface area contributed by atoms with E-state index in [0.29, 0.717) is 0 Å². The summed E-state index contributed by atoms with van der Waals surface area (Å²) < 4.78 is 86.1. The van der Waals surface area contributed by atoms with Crippen LogP contribution in [0.15, 0.2) is 35.4 Å². The summed E-state index contributed by atoms with van der Waals surface area (Å²) in [5.41, 5.74) is -1.47. The Morgan fingerprint density at radius 3 is 2.79 bits per heavy atom. The van der Waals surface area contributed by atoms with E-state index in [1.807, 2.05) is 0 Å². The normalized spacial score (nSPS) is 18.7. The van der Waals surface area contributed by atoms with Crippen LogP contribution in [-0.2, 0) is 22.0 Å². The van der Waals surface area contributed by atoms with Crippen molar-refractivity contribution in [2.75, 3.05) is 30.2 Å². The number of nitrogens with zero attached hydrogens (tertiary/aromatic N) is 3. The highest BCUT2D eigenvalue weighted by Gasteiger charge is 2.32. The number of halogens is 3. The molecule has 2 N–H and O–H groups in total. The van der Waals surface area contributed by atoms with Gasteiger partial charge in [0.2, 0.25) is 0 Å². The smallest absolute Gasteiger partial charge is 0.301 e. The lowest BCUT2D eigenvalue weighted by Crippen LogP contribution is -2.35.